The monoisotopic (exact) mass is 275 g/mol. The van der Waals surface area contributed by atoms with Crippen molar-refractivity contribution >= 4 is 5.91 Å². The first-order valence-corrected chi connectivity index (χ1v) is 7.58. The van der Waals surface area contributed by atoms with Crippen molar-refractivity contribution < 1.29 is 9.90 Å². The fourth-order valence-corrected chi connectivity index (χ4v) is 3.08. The molecule has 1 aromatic carbocycles. The van der Waals surface area contributed by atoms with Crippen LogP contribution in [0.25, 0.3) is 0 Å². The number of carbonyl (C=O) groups excluding carboxylic acids is 1. The zero-order chi connectivity index (χ0) is 14.5. The van der Waals surface area contributed by atoms with Gasteiger partial charge in [-0.05, 0) is 30.2 Å². The number of likely N-dealkylation sites (tertiary alicyclic amines) is 1. The molecule has 0 bridgehead atoms. The number of nitrogens with zero attached hydrogens (tertiary/aromatic N) is 1. The number of hydrogen-bond acceptors (Lipinski definition) is 2. The molecule has 1 heterocycles. The second-order valence-corrected chi connectivity index (χ2v) is 6.11. The molecular weight excluding hydrogens is 250 g/mol. The van der Waals surface area contributed by atoms with Crippen molar-refractivity contribution in [3.63, 3.8) is 0 Å². The predicted octanol–water partition coefficient (Wildman–Crippen LogP) is 2.66. The molecular formula is C17H25NO2. The summed E-state index contributed by atoms with van der Waals surface area (Å²) in [5, 5.41) is 9.32. The van der Waals surface area contributed by atoms with E-state index < -0.39 is 0 Å². The first kappa shape index (κ1) is 15.0. The lowest BCUT2D eigenvalue weighted by atomic mass is 9.86. The molecule has 1 saturated heterocycles. The Balaban J connectivity index is 2.15. The van der Waals surface area contributed by atoms with E-state index in [9.17, 15) is 9.90 Å². The number of benzene rings is 1. The lowest BCUT2D eigenvalue weighted by molar-refractivity contribution is -0.136. The van der Waals surface area contributed by atoms with Crippen LogP contribution in [0, 0.1) is 11.8 Å². The van der Waals surface area contributed by atoms with Crippen LogP contribution in [0.15, 0.2) is 30.3 Å². The molecule has 0 aromatic heterocycles. The van der Waals surface area contributed by atoms with Crippen LogP contribution in [-0.2, 0) is 4.79 Å². The normalized spacial score (nSPS) is 21.0. The van der Waals surface area contributed by atoms with Gasteiger partial charge in [-0.15, -0.1) is 0 Å². The summed E-state index contributed by atoms with van der Waals surface area (Å²) >= 11 is 0. The van der Waals surface area contributed by atoms with Gasteiger partial charge < -0.3 is 10.0 Å². The van der Waals surface area contributed by atoms with Crippen molar-refractivity contribution in [1.29, 1.82) is 0 Å². The highest BCUT2D eigenvalue weighted by Gasteiger charge is 2.31. The number of aliphatic hydroxyl groups is 1. The van der Waals surface area contributed by atoms with Crippen LogP contribution in [0.1, 0.15) is 38.2 Å². The molecule has 2 unspecified atom stereocenters. The smallest absolute Gasteiger partial charge is 0.230 e. The fraction of sp³-hybridized carbons (Fsp3) is 0.588. The number of hydrogen-bond donors (Lipinski definition) is 1. The third-order valence-electron chi connectivity index (χ3n) is 4.18. The maximum atomic E-state index is 12.8. The molecule has 110 valence electrons. The molecule has 3 nitrogen and oxygen atoms in total. The van der Waals surface area contributed by atoms with Crippen LogP contribution >= 0.6 is 0 Å². The van der Waals surface area contributed by atoms with Crippen LogP contribution in [0.4, 0.5) is 0 Å². The summed E-state index contributed by atoms with van der Waals surface area (Å²) in [6.07, 6.45) is 2.02. The summed E-state index contributed by atoms with van der Waals surface area (Å²) in [5.74, 6) is 0.661. The van der Waals surface area contributed by atoms with Gasteiger partial charge in [-0.3, -0.25) is 4.79 Å². The van der Waals surface area contributed by atoms with Crippen molar-refractivity contribution in [1.82, 2.24) is 4.90 Å². The summed E-state index contributed by atoms with van der Waals surface area (Å²) in [7, 11) is 0. The molecule has 0 saturated carbocycles. The molecule has 1 N–H and O–H groups in total. The standard InChI is InChI=1S/C17H25NO2/c1-13(2)16(15-8-4-3-5-9-15)17(20)18-10-6-7-14(11-18)12-19/h3-5,8-9,13-14,16,19H,6-7,10-12H2,1-2H3. The van der Waals surface area contributed by atoms with Crippen molar-refractivity contribution in [2.24, 2.45) is 11.8 Å². The summed E-state index contributed by atoms with van der Waals surface area (Å²) in [6.45, 7) is 5.91. The number of aliphatic hydroxyl groups excluding tert-OH is 1. The lowest BCUT2D eigenvalue weighted by Crippen LogP contribution is -2.44. The van der Waals surface area contributed by atoms with Crippen LogP contribution in [0.2, 0.25) is 0 Å². The highest BCUT2D eigenvalue weighted by Crippen LogP contribution is 2.28. The Morgan fingerprint density at radius 2 is 2.05 bits per heavy atom. The maximum absolute atomic E-state index is 12.8. The topological polar surface area (TPSA) is 40.5 Å². The Hall–Kier alpha value is -1.35. The molecule has 3 heteroatoms. The van der Waals surface area contributed by atoms with Gasteiger partial charge in [-0.25, -0.2) is 0 Å². The molecule has 1 aliphatic heterocycles. The first-order valence-electron chi connectivity index (χ1n) is 7.58. The van der Waals surface area contributed by atoms with Gasteiger partial charge in [0.2, 0.25) is 5.91 Å². The van der Waals surface area contributed by atoms with E-state index in [0.29, 0.717) is 6.54 Å². The minimum atomic E-state index is -0.0753. The largest absolute Gasteiger partial charge is 0.396 e. The molecule has 0 radical (unpaired) electrons. The summed E-state index contributed by atoms with van der Waals surface area (Å²) < 4.78 is 0. The van der Waals surface area contributed by atoms with Crippen molar-refractivity contribution in [3.8, 4) is 0 Å². The zero-order valence-corrected chi connectivity index (χ0v) is 12.5. The highest BCUT2D eigenvalue weighted by molar-refractivity contribution is 5.84. The van der Waals surface area contributed by atoms with Gasteiger partial charge in [0, 0.05) is 19.7 Å². The molecule has 1 fully saturated rings. The van der Waals surface area contributed by atoms with Gasteiger partial charge in [0.15, 0.2) is 0 Å². The molecule has 1 amide bonds. The van der Waals surface area contributed by atoms with Gasteiger partial charge in [-0.2, -0.15) is 0 Å². The van der Waals surface area contributed by atoms with E-state index in [-0.39, 0.29) is 30.3 Å². The van der Waals surface area contributed by atoms with Gasteiger partial charge in [0.05, 0.1) is 5.92 Å². The van der Waals surface area contributed by atoms with Crippen molar-refractivity contribution in [2.75, 3.05) is 19.7 Å². The fourth-order valence-electron chi connectivity index (χ4n) is 3.08. The molecule has 1 aromatic rings. The Morgan fingerprint density at radius 1 is 1.35 bits per heavy atom. The SMILES string of the molecule is CC(C)C(C(=O)N1CCCC(CO)C1)c1ccccc1. The van der Waals surface area contributed by atoms with E-state index in [1.54, 1.807) is 0 Å². The van der Waals surface area contributed by atoms with Crippen molar-refractivity contribution in [2.45, 2.75) is 32.6 Å². The zero-order valence-electron chi connectivity index (χ0n) is 12.5. The van der Waals surface area contributed by atoms with E-state index in [4.69, 9.17) is 0 Å². The molecule has 2 atom stereocenters. The summed E-state index contributed by atoms with van der Waals surface area (Å²) in [5.41, 5.74) is 1.10. The van der Waals surface area contributed by atoms with Crippen molar-refractivity contribution in [3.05, 3.63) is 35.9 Å². The molecule has 2 rings (SSSR count). The Labute approximate surface area is 121 Å². The van der Waals surface area contributed by atoms with E-state index in [1.165, 1.54) is 0 Å². The predicted molar refractivity (Wildman–Crippen MR) is 80.4 cm³/mol. The van der Waals surface area contributed by atoms with Crippen LogP contribution in [0.5, 0.6) is 0 Å². The van der Waals surface area contributed by atoms with Crippen LogP contribution < -0.4 is 0 Å². The quantitative estimate of drug-likeness (QED) is 0.917. The first-order chi connectivity index (χ1) is 9.63. The lowest BCUT2D eigenvalue weighted by Gasteiger charge is -2.35. The molecule has 0 aliphatic carbocycles. The number of amides is 1. The summed E-state index contributed by atoms with van der Waals surface area (Å²) in [6, 6.07) is 10.0. The van der Waals surface area contributed by atoms with Crippen LogP contribution in [-0.4, -0.2) is 35.6 Å². The van der Waals surface area contributed by atoms with Crippen LogP contribution in [0.3, 0.4) is 0 Å². The second-order valence-electron chi connectivity index (χ2n) is 6.11. The number of rotatable bonds is 4. The van der Waals surface area contributed by atoms with E-state index >= 15 is 0 Å². The number of carbonyl (C=O) groups is 1. The third-order valence-corrected chi connectivity index (χ3v) is 4.18. The second kappa shape index (κ2) is 6.89. The average Bonchev–Trinajstić information content (AvgIpc) is 2.48. The average molecular weight is 275 g/mol. The minimum Gasteiger partial charge on any atom is -0.396 e. The summed E-state index contributed by atoms with van der Waals surface area (Å²) in [4.78, 5) is 14.8. The number of piperidine rings is 1. The Bertz CT molecular complexity index is 430. The highest BCUT2D eigenvalue weighted by atomic mass is 16.3. The Kier molecular flexibility index (Phi) is 5.18. The minimum absolute atomic E-state index is 0.0753. The third kappa shape index (κ3) is 3.40. The van der Waals surface area contributed by atoms with E-state index in [2.05, 4.69) is 13.8 Å². The molecule has 20 heavy (non-hydrogen) atoms. The molecule has 0 spiro atoms. The maximum Gasteiger partial charge on any atom is 0.230 e. The Morgan fingerprint density at radius 3 is 2.65 bits per heavy atom. The molecule has 1 aliphatic rings. The van der Waals surface area contributed by atoms with Gasteiger partial charge in [-0.1, -0.05) is 44.2 Å². The van der Waals surface area contributed by atoms with E-state index in [0.717, 1.165) is 24.9 Å². The van der Waals surface area contributed by atoms with Gasteiger partial charge in [0.25, 0.3) is 0 Å². The van der Waals surface area contributed by atoms with Gasteiger partial charge in [0.1, 0.15) is 0 Å². The van der Waals surface area contributed by atoms with E-state index in [1.807, 2.05) is 35.2 Å². The van der Waals surface area contributed by atoms with Gasteiger partial charge >= 0.3 is 0 Å².